The number of carbonyl (C=O) groups is 2. The molecule has 2 amide bonds. The Labute approximate surface area is 185 Å². The van der Waals surface area contributed by atoms with Gasteiger partial charge in [0.1, 0.15) is 11.0 Å². The molecule has 31 heavy (non-hydrogen) atoms. The minimum atomic E-state index is -1.10. The van der Waals surface area contributed by atoms with Gasteiger partial charge in [-0.05, 0) is 69.3 Å². The molecule has 8 heteroatoms. The van der Waals surface area contributed by atoms with Gasteiger partial charge in [0.2, 0.25) is 5.91 Å². The fraction of sp³-hybridized carbons (Fsp3) is 0.217. The molecular formula is C23H22ClFN4O2. The van der Waals surface area contributed by atoms with Gasteiger partial charge in [-0.2, -0.15) is 0 Å². The van der Waals surface area contributed by atoms with Crippen LogP contribution in [0.15, 0.2) is 67.0 Å². The van der Waals surface area contributed by atoms with Crippen molar-refractivity contribution in [2.45, 2.75) is 32.4 Å². The van der Waals surface area contributed by atoms with E-state index in [0.717, 1.165) is 0 Å². The largest absolute Gasteiger partial charge is 0.349 e. The lowest BCUT2D eigenvalue weighted by atomic mass is 10.0. The number of nitrogens with one attached hydrogen (secondary N) is 1. The standard InChI is InChI=1S/C23H22ClFN4O2/c1-23(2,3)28-21(30)20(18-6-4-5-13-26-18)29(17-10-8-16(25)9-11-17)22(31)15-7-12-19(24)27-14-15/h4-14,20H,1-3H3,(H,28,30). The average molecular weight is 441 g/mol. The summed E-state index contributed by atoms with van der Waals surface area (Å²) in [6.07, 6.45) is 2.88. The van der Waals surface area contributed by atoms with Crippen LogP contribution in [0.4, 0.5) is 10.1 Å². The van der Waals surface area contributed by atoms with Crippen molar-refractivity contribution in [1.29, 1.82) is 0 Å². The van der Waals surface area contributed by atoms with E-state index < -0.39 is 29.2 Å². The monoisotopic (exact) mass is 440 g/mol. The Kier molecular flexibility index (Phi) is 6.65. The first-order chi connectivity index (χ1) is 14.7. The molecule has 0 aliphatic rings. The summed E-state index contributed by atoms with van der Waals surface area (Å²) in [4.78, 5) is 36.5. The molecule has 0 saturated heterocycles. The topological polar surface area (TPSA) is 75.2 Å². The van der Waals surface area contributed by atoms with E-state index in [0.29, 0.717) is 11.4 Å². The van der Waals surface area contributed by atoms with Crippen LogP contribution in [0, 0.1) is 5.82 Å². The van der Waals surface area contributed by atoms with Crippen molar-refractivity contribution in [3.63, 3.8) is 0 Å². The number of amides is 2. The van der Waals surface area contributed by atoms with Gasteiger partial charge in [-0.25, -0.2) is 9.37 Å². The first kappa shape index (κ1) is 22.4. The molecule has 1 unspecified atom stereocenters. The Hall–Kier alpha value is -3.32. The lowest BCUT2D eigenvalue weighted by Crippen LogP contribution is -2.49. The number of aromatic nitrogens is 2. The van der Waals surface area contributed by atoms with Crippen molar-refractivity contribution in [3.8, 4) is 0 Å². The van der Waals surface area contributed by atoms with E-state index >= 15 is 0 Å². The van der Waals surface area contributed by atoms with E-state index in [2.05, 4.69) is 15.3 Å². The molecule has 2 aromatic heterocycles. The van der Waals surface area contributed by atoms with Gasteiger partial charge < -0.3 is 5.32 Å². The number of pyridine rings is 2. The third-order valence-corrected chi connectivity index (χ3v) is 4.49. The van der Waals surface area contributed by atoms with E-state index in [-0.39, 0.29) is 10.7 Å². The molecule has 2 heterocycles. The number of carbonyl (C=O) groups excluding carboxylic acids is 2. The highest BCUT2D eigenvalue weighted by molar-refractivity contribution is 6.29. The quantitative estimate of drug-likeness (QED) is 0.589. The van der Waals surface area contributed by atoms with Crippen molar-refractivity contribution in [2.24, 2.45) is 0 Å². The number of nitrogens with zero attached hydrogens (tertiary/aromatic N) is 3. The van der Waals surface area contributed by atoms with Gasteiger partial charge in [-0.3, -0.25) is 19.5 Å². The summed E-state index contributed by atoms with van der Waals surface area (Å²) in [5.74, 6) is -1.39. The fourth-order valence-corrected chi connectivity index (χ4v) is 3.10. The maximum absolute atomic E-state index is 13.6. The molecule has 0 aliphatic heterocycles. The van der Waals surface area contributed by atoms with E-state index in [4.69, 9.17) is 11.6 Å². The molecule has 0 saturated carbocycles. The van der Waals surface area contributed by atoms with Crippen molar-refractivity contribution in [1.82, 2.24) is 15.3 Å². The Morgan fingerprint density at radius 3 is 2.29 bits per heavy atom. The zero-order valence-electron chi connectivity index (χ0n) is 17.3. The molecule has 0 aliphatic carbocycles. The van der Waals surface area contributed by atoms with E-state index in [1.165, 1.54) is 47.5 Å². The predicted molar refractivity (Wildman–Crippen MR) is 117 cm³/mol. The lowest BCUT2D eigenvalue weighted by Gasteiger charge is -2.33. The summed E-state index contributed by atoms with van der Waals surface area (Å²) in [5.41, 5.74) is 0.367. The Balaban J connectivity index is 2.16. The Morgan fingerprint density at radius 1 is 1.03 bits per heavy atom. The van der Waals surface area contributed by atoms with Gasteiger partial charge in [0.05, 0.1) is 11.3 Å². The van der Waals surface area contributed by atoms with Gasteiger partial charge >= 0.3 is 0 Å². The lowest BCUT2D eigenvalue weighted by molar-refractivity contribution is -0.124. The molecule has 1 atom stereocenters. The summed E-state index contributed by atoms with van der Waals surface area (Å²) < 4.78 is 13.6. The van der Waals surface area contributed by atoms with Crippen molar-refractivity contribution < 1.29 is 14.0 Å². The molecule has 3 rings (SSSR count). The second-order valence-electron chi connectivity index (χ2n) is 7.92. The average Bonchev–Trinajstić information content (AvgIpc) is 2.72. The molecule has 1 N–H and O–H groups in total. The molecular weight excluding hydrogens is 419 g/mol. The number of rotatable bonds is 5. The van der Waals surface area contributed by atoms with Crippen LogP contribution in [-0.4, -0.2) is 27.3 Å². The second kappa shape index (κ2) is 9.22. The molecule has 1 aromatic carbocycles. The smallest absolute Gasteiger partial charge is 0.260 e. The SMILES string of the molecule is CC(C)(C)NC(=O)C(c1ccccn1)N(C(=O)c1ccc(Cl)nc1)c1ccc(F)cc1. The van der Waals surface area contributed by atoms with E-state index in [9.17, 15) is 14.0 Å². The number of hydrogen-bond donors (Lipinski definition) is 1. The fourth-order valence-electron chi connectivity index (χ4n) is 2.99. The Morgan fingerprint density at radius 2 is 1.74 bits per heavy atom. The van der Waals surface area contributed by atoms with Crippen molar-refractivity contribution in [3.05, 3.63) is 89.2 Å². The highest BCUT2D eigenvalue weighted by Gasteiger charge is 2.36. The Bertz CT molecular complexity index is 1050. The molecule has 0 bridgehead atoms. The maximum Gasteiger partial charge on any atom is 0.260 e. The normalized spacial score (nSPS) is 12.2. The van der Waals surface area contributed by atoms with Gasteiger partial charge in [-0.15, -0.1) is 0 Å². The van der Waals surface area contributed by atoms with Crippen LogP contribution in [-0.2, 0) is 4.79 Å². The predicted octanol–water partition coefficient (Wildman–Crippen LogP) is 4.57. The van der Waals surface area contributed by atoms with Crippen LogP contribution in [0.1, 0.15) is 42.9 Å². The van der Waals surface area contributed by atoms with E-state index in [1.807, 2.05) is 20.8 Å². The molecule has 0 fully saturated rings. The van der Waals surface area contributed by atoms with Gasteiger partial charge in [0.25, 0.3) is 5.91 Å². The molecule has 160 valence electrons. The highest BCUT2D eigenvalue weighted by Crippen LogP contribution is 2.29. The molecule has 0 spiro atoms. The first-order valence-electron chi connectivity index (χ1n) is 9.59. The number of halogens is 2. The molecule has 6 nitrogen and oxygen atoms in total. The van der Waals surface area contributed by atoms with Gasteiger partial charge in [0.15, 0.2) is 6.04 Å². The van der Waals surface area contributed by atoms with Crippen LogP contribution < -0.4 is 10.2 Å². The zero-order valence-corrected chi connectivity index (χ0v) is 18.1. The van der Waals surface area contributed by atoms with Crippen LogP contribution in [0.2, 0.25) is 5.15 Å². The van der Waals surface area contributed by atoms with Crippen molar-refractivity contribution >= 4 is 29.1 Å². The first-order valence-corrected chi connectivity index (χ1v) is 9.97. The summed E-state index contributed by atoms with van der Waals surface area (Å²) in [6.45, 7) is 5.52. The third kappa shape index (κ3) is 5.64. The molecule has 3 aromatic rings. The third-order valence-electron chi connectivity index (χ3n) is 4.27. The molecule has 0 radical (unpaired) electrons. The van der Waals surface area contributed by atoms with Crippen LogP contribution in [0.25, 0.3) is 0 Å². The summed E-state index contributed by atoms with van der Waals surface area (Å²) in [6, 6.07) is 12.4. The van der Waals surface area contributed by atoms with Gasteiger partial charge in [-0.1, -0.05) is 17.7 Å². The highest BCUT2D eigenvalue weighted by atomic mass is 35.5. The van der Waals surface area contributed by atoms with E-state index in [1.54, 1.807) is 24.4 Å². The summed E-state index contributed by atoms with van der Waals surface area (Å²) in [7, 11) is 0. The summed E-state index contributed by atoms with van der Waals surface area (Å²) in [5, 5.41) is 3.14. The minimum absolute atomic E-state index is 0.221. The van der Waals surface area contributed by atoms with Gasteiger partial charge in [0, 0.05) is 23.6 Å². The number of benzene rings is 1. The summed E-state index contributed by atoms with van der Waals surface area (Å²) >= 11 is 5.86. The maximum atomic E-state index is 13.6. The minimum Gasteiger partial charge on any atom is -0.349 e. The number of anilines is 1. The second-order valence-corrected chi connectivity index (χ2v) is 8.30. The van der Waals surface area contributed by atoms with Crippen LogP contribution in [0.5, 0.6) is 0 Å². The number of hydrogen-bond acceptors (Lipinski definition) is 4. The van der Waals surface area contributed by atoms with Crippen LogP contribution >= 0.6 is 11.6 Å². The van der Waals surface area contributed by atoms with Crippen molar-refractivity contribution in [2.75, 3.05) is 4.90 Å². The van der Waals surface area contributed by atoms with Crippen LogP contribution in [0.3, 0.4) is 0 Å². The zero-order chi connectivity index (χ0) is 22.6.